The number of aliphatic hydroxyl groups excluding tert-OH is 1. The van der Waals surface area contributed by atoms with Gasteiger partial charge in [0.1, 0.15) is 6.10 Å². The van der Waals surface area contributed by atoms with Gasteiger partial charge in [0.2, 0.25) is 0 Å². The van der Waals surface area contributed by atoms with Crippen LogP contribution in [0.2, 0.25) is 5.02 Å². The molecule has 0 radical (unpaired) electrons. The van der Waals surface area contributed by atoms with Gasteiger partial charge in [-0.15, -0.1) is 0 Å². The number of benzene rings is 1. The molecule has 1 aromatic rings. The van der Waals surface area contributed by atoms with E-state index in [1.54, 1.807) is 12.1 Å². The van der Waals surface area contributed by atoms with E-state index in [0.717, 1.165) is 0 Å². The van der Waals surface area contributed by atoms with Gasteiger partial charge in [0.15, 0.2) is 0 Å². The van der Waals surface area contributed by atoms with Crippen LogP contribution in [-0.2, 0) is 4.79 Å². The SMILES string of the molecule is O=C([O-])[C@H](O)c1ccccc1Cl.[NH4+]. The molecule has 1 atom stereocenters. The van der Waals surface area contributed by atoms with Crippen molar-refractivity contribution < 1.29 is 15.0 Å². The van der Waals surface area contributed by atoms with Crippen LogP contribution in [0, 0.1) is 0 Å². The second kappa shape index (κ2) is 4.81. The third-order valence-corrected chi connectivity index (χ3v) is 1.77. The summed E-state index contributed by atoms with van der Waals surface area (Å²) in [4.78, 5) is 10.2. The number of halogens is 1. The van der Waals surface area contributed by atoms with Crippen LogP contribution >= 0.6 is 11.6 Å². The van der Waals surface area contributed by atoms with Crippen LogP contribution in [0.15, 0.2) is 24.3 Å². The van der Waals surface area contributed by atoms with E-state index >= 15 is 0 Å². The van der Waals surface area contributed by atoms with E-state index in [1.807, 2.05) is 0 Å². The minimum Gasteiger partial charge on any atom is -0.547 e. The first-order valence-electron chi connectivity index (χ1n) is 3.26. The molecule has 72 valence electrons. The lowest BCUT2D eigenvalue weighted by Crippen LogP contribution is -2.29. The Kier molecular flexibility index (Phi) is 4.40. The monoisotopic (exact) mass is 203 g/mol. The van der Waals surface area contributed by atoms with Crippen LogP contribution in [0.1, 0.15) is 11.7 Å². The Hall–Kier alpha value is -1.10. The Morgan fingerprint density at radius 2 is 2.00 bits per heavy atom. The van der Waals surface area contributed by atoms with Crippen molar-refractivity contribution in [1.29, 1.82) is 0 Å². The number of carbonyl (C=O) groups excluding carboxylic acids is 1. The van der Waals surface area contributed by atoms with Crippen LogP contribution in [0.4, 0.5) is 0 Å². The predicted molar refractivity (Wildman–Crippen MR) is 47.4 cm³/mol. The van der Waals surface area contributed by atoms with Crippen LogP contribution in [0.3, 0.4) is 0 Å². The third-order valence-electron chi connectivity index (χ3n) is 1.42. The van der Waals surface area contributed by atoms with Crippen LogP contribution in [0.5, 0.6) is 0 Å². The summed E-state index contributed by atoms with van der Waals surface area (Å²) >= 11 is 5.61. The molecule has 5 heteroatoms. The summed E-state index contributed by atoms with van der Waals surface area (Å²) in [5.41, 5.74) is 0.152. The summed E-state index contributed by atoms with van der Waals surface area (Å²) in [5, 5.41) is 19.5. The molecule has 1 rings (SSSR count). The summed E-state index contributed by atoms with van der Waals surface area (Å²) in [6.45, 7) is 0. The lowest BCUT2D eigenvalue weighted by Gasteiger charge is -2.12. The molecule has 0 amide bonds. The highest BCUT2D eigenvalue weighted by molar-refractivity contribution is 6.31. The molecule has 0 aromatic heterocycles. The van der Waals surface area contributed by atoms with Crippen molar-refractivity contribution in [3.8, 4) is 0 Å². The van der Waals surface area contributed by atoms with Crippen molar-refractivity contribution in [1.82, 2.24) is 6.15 Å². The third kappa shape index (κ3) is 2.69. The molecule has 4 nitrogen and oxygen atoms in total. The maximum Gasteiger partial charge on any atom is 0.120 e. The van der Waals surface area contributed by atoms with Gasteiger partial charge in [0.05, 0.1) is 5.97 Å². The molecule has 0 saturated carbocycles. The van der Waals surface area contributed by atoms with Crippen molar-refractivity contribution in [2.24, 2.45) is 0 Å². The van der Waals surface area contributed by atoms with Gasteiger partial charge < -0.3 is 21.2 Å². The maximum atomic E-state index is 10.2. The second-order valence-corrected chi connectivity index (χ2v) is 2.65. The summed E-state index contributed by atoms with van der Waals surface area (Å²) < 4.78 is 0. The highest BCUT2D eigenvalue weighted by Gasteiger charge is 2.10. The van der Waals surface area contributed by atoms with Crippen molar-refractivity contribution in [2.75, 3.05) is 0 Å². The number of aliphatic carboxylic acids is 1. The molecule has 0 fully saturated rings. The topological polar surface area (TPSA) is 96.9 Å². The molecule has 0 aliphatic heterocycles. The fraction of sp³-hybridized carbons (Fsp3) is 0.125. The quantitative estimate of drug-likeness (QED) is 0.733. The fourth-order valence-electron chi connectivity index (χ4n) is 0.824. The lowest BCUT2D eigenvalue weighted by molar-refractivity contribution is -0.315. The van der Waals surface area contributed by atoms with E-state index in [9.17, 15) is 9.90 Å². The molecule has 0 aliphatic rings. The van der Waals surface area contributed by atoms with E-state index in [2.05, 4.69) is 0 Å². The standard InChI is InChI=1S/C8H7ClO3.H3N/c9-6-4-2-1-3-5(6)7(10)8(11)12;/h1-4,7,10H,(H,11,12);1H3/t7-;/m1./s1. The Bertz CT molecular complexity index is 303. The minimum atomic E-state index is -1.65. The van der Waals surface area contributed by atoms with Gasteiger partial charge in [-0.3, -0.25) is 0 Å². The number of carboxylic acid groups (broad SMARTS) is 1. The van der Waals surface area contributed by atoms with Crippen LogP contribution < -0.4 is 11.3 Å². The molecular weight excluding hydrogens is 194 g/mol. The van der Waals surface area contributed by atoms with Gasteiger partial charge in [0, 0.05) is 10.6 Å². The Balaban J connectivity index is 0.00000144. The zero-order valence-corrected chi connectivity index (χ0v) is 7.78. The summed E-state index contributed by atoms with van der Waals surface area (Å²) in [7, 11) is 0. The minimum absolute atomic E-state index is 0. The number of hydrogen-bond donors (Lipinski definition) is 2. The molecule has 0 saturated heterocycles. The highest BCUT2D eigenvalue weighted by Crippen LogP contribution is 2.21. The van der Waals surface area contributed by atoms with Gasteiger partial charge >= 0.3 is 0 Å². The average molecular weight is 204 g/mol. The van der Waals surface area contributed by atoms with Crippen molar-refractivity contribution in [2.45, 2.75) is 6.10 Å². The number of aliphatic hydroxyl groups is 1. The number of rotatable bonds is 2. The largest absolute Gasteiger partial charge is 0.547 e. The lowest BCUT2D eigenvalue weighted by atomic mass is 10.1. The number of quaternary nitrogens is 1. The highest BCUT2D eigenvalue weighted by atomic mass is 35.5. The summed E-state index contributed by atoms with van der Waals surface area (Å²) in [5.74, 6) is -1.55. The molecule has 1 aromatic carbocycles. The first-order valence-corrected chi connectivity index (χ1v) is 3.64. The Morgan fingerprint density at radius 1 is 1.46 bits per heavy atom. The molecule has 0 unspecified atom stereocenters. The van der Waals surface area contributed by atoms with Gasteiger partial charge in [0.25, 0.3) is 0 Å². The van der Waals surface area contributed by atoms with Crippen molar-refractivity contribution in [3.05, 3.63) is 34.9 Å². The average Bonchev–Trinajstić information content (AvgIpc) is 2.04. The molecular formula is C8H10ClNO3. The number of hydrogen-bond acceptors (Lipinski definition) is 3. The molecule has 0 aliphatic carbocycles. The zero-order chi connectivity index (χ0) is 9.14. The fourth-order valence-corrected chi connectivity index (χ4v) is 1.06. The van der Waals surface area contributed by atoms with Gasteiger partial charge in [-0.05, 0) is 6.07 Å². The Morgan fingerprint density at radius 3 is 2.46 bits per heavy atom. The first-order chi connectivity index (χ1) is 5.63. The maximum absolute atomic E-state index is 10.2. The van der Waals surface area contributed by atoms with Gasteiger partial charge in [-0.2, -0.15) is 0 Å². The number of carbonyl (C=O) groups is 1. The summed E-state index contributed by atoms with van der Waals surface area (Å²) in [6.07, 6.45) is -1.65. The normalized spacial score (nSPS) is 11.5. The molecule has 0 bridgehead atoms. The van der Waals surface area contributed by atoms with Crippen LogP contribution in [0.25, 0.3) is 0 Å². The molecule has 0 spiro atoms. The van der Waals surface area contributed by atoms with E-state index in [0.29, 0.717) is 0 Å². The summed E-state index contributed by atoms with van der Waals surface area (Å²) in [6, 6.07) is 6.17. The molecule has 13 heavy (non-hydrogen) atoms. The van der Waals surface area contributed by atoms with E-state index < -0.39 is 12.1 Å². The van der Waals surface area contributed by atoms with E-state index in [-0.39, 0.29) is 16.7 Å². The molecule has 0 heterocycles. The predicted octanol–water partition coefficient (Wildman–Crippen LogP) is 0.499. The van der Waals surface area contributed by atoms with Gasteiger partial charge in [-0.1, -0.05) is 29.8 Å². The first kappa shape index (κ1) is 11.9. The van der Waals surface area contributed by atoms with E-state index in [1.165, 1.54) is 12.1 Å². The smallest absolute Gasteiger partial charge is 0.120 e. The van der Waals surface area contributed by atoms with E-state index in [4.69, 9.17) is 16.7 Å². The van der Waals surface area contributed by atoms with Gasteiger partial charge in [-0.25, -0.2) is 0 Å². The van der Waals surface area contributed by atoms with Crippen molar-refractivity contribution >= 4 is 17.6 Å². The second-order valence-electron chi connectivity index (χ2n) is 2.24. The molecule has 5 N–H and O–H groups in total. The Labute approximate surface area is 80.4 Å². The number of carboxylic acids is 1. The van der Waals surface area contributed by atoms with Crippen LogP contribution in [-0.4, -0.2) is 11.1 Å². The zero-order valence-electron chi connectivity index (χ0n) is 7.03. The van der Waals surface area contributed by atoms with Crippen molar-refractivity contribution in [3.63, 3.8) is 0 Å².